The Morgan fingerprint density at radius 2 is 1.92 bits per heavy atom. The van der Waals surface area contributed by atoms with Crippen molar-refractivity contribution in [1.29, 1.82) is 0 Å². The molecule has 3 heterocycles. The molecule has 138 valence electrons. The fraction of sp³-hybridized carbons (Fsp3) is 0.474. The zero-order valence-electron chi connectivity index (χ0n) is 15.3. The molecular weight excluding hydrogens is 348 g/mol. The van der Waals surface area contributed by atoms with Crippen LogP contribution < -0.4 is 4.74 Å². The third-order valence-corrected chi connectivity index (χ3v) is 6.24. The summed E-state index contributed by atoms with van der Waals surface area (Å²) in [6, 6.07) is 8.13. The monoisotopic (exact) mass is 372 g/mol. The standard InChI is InChI=1S/C19H24N4O2S/c1-12-8-10-22(11-9-12)16(14-4-6-15(25-3)7-5-14)17-18(24)23-19(26-17)20-13(2)21-23/h4-7,12,16,24H,8-11H2,1-3H3. The van der Waals surface area contributed by atoms with E-state index in [9.17, 15) is 5.11 Å². The maximum Gasteiger partial charge on any atom is 0.230 e. The summed E-state index contributed by atoms with van der Waals surface area (Å²) >= 11 is 1.52. The lowest BCUT2D eigenvalue weighted by atomic mass is 9.95. The quantitative estimate of drug-likeness (QED) is 0.758. The van der Waals surface area contributed by atoms with Crippen molar-refractivity contribution in [2.75, 3.05) is 20.2 Å². The third-order valence-electron chi connectivity index (χ3n) is 5.17. The van der Waals surface area contributed by atoms with E-state index in [2.05, 4.69) is 34.0 Å². The van der Waals surface area contributed by atoms with Gasteiger partial charge in [0, 0.05) is 0 Å². The van der Waals surface area contributed by atoms with Crippen LogP contribution in [0.5, 0.6) is 11.6 Å². The van der Waals surface area contributed by atoms with Crippen LogP contribution in [0.4, 0.5) is 0 Å². The normalized spacial score (nSPS) is 17.7. The summed E-state index contributed by atoms with van der Waals surface area (Å²) in [5.41, 5.74) is 1.15. The first-order valence-corrected chi connectivity index (χ1v) is 9.81. The lowest BCUT2D eigenvalue weighted by Crippen LogP contribution is -2.36. The summed E-state index contributed by atoms with van der Waals surface area (Å²) in [4.78, 5) is 8.52. The van der Waals surface area contributed by atoms with Crippen molar-refractivity contribution in [3.05, 3.63) is 40.5 Å². The minimum atomic E-state index is 0.00205. The van der Waals surface area contributed by atoms with Gasteiger partial charge in [0.25, 0.3) is 0 Å². The summed E-state index contributed by atoms with van der Waals surface area (Å²) in [5, 5.41) is 15.2. The summed E-state index contributed by atoms with van der Waals surface area (Å²) in [6.07, 6.45) is 2.35. The number of methoxy groups -OCH3 is 1. The number of hydrogen-bond donors (Lipinski definition) is 1. The molecule has 3 aromatic rings. The Morgan fingerprint density at radius 3 is 2.54 bits per heavy atom. The minimum Gasteiger partial charge on any atom is -0.497 e. The van der Waals surface area contributed by atoms with Crippen molar-refractivity contribution in [3.63, 3.8) is 0 Å². The number of benzene rings is 1. The molecule has 2 aromatic heterocycles. The van der Waals surface area contributed by atoms with Crippen molar-refractivity contribution in [3.8, 4) is 11.6 Å². The van der Waals surface area contributed by atoms with Crippen LogP contribution in [0.2, 0.25) is 0 Å². The van der Waals surface area contributed by atoms with Crippen molar-refractivity contribution >= 4 is 16.3 Å². The number of ether oxygens (including phenoxy) is 1. The van der Waals surface area contributed by atoms with E-state index < -0.39 is 0 Å². The van der Waals surface area contributed by atoms with Gasteiger partial charge < -0.3 is 9.84 Å². The zero-order chi connectivity index (χ0) is 18.3. The second-order valence-electron chi connectivity index (χ2n) is 7.04. The Balaban J connectivity index is 1.77. The van der Waals surface area contributed by atoms with Crippen LogP contribution in [0, 0.1) is 12.8 Å². The summed E-state index contributed by atoms with van der Waals surface area (Å²) in [6.45, 7) is 6.18. The smallest absolute Gasteiger partial charge is 0.230 e. The third kappa shape index (κ3) is 3.05. The molecule has 0 bridgehead atoms. The second-order valence-corrected chi connectivity index (χ2v) is 8.05. The number of aromatic nitrogens is 3. The Hall–Kier alpha value is -2.12. The number of hydrogen-bond acceptors (Lipinski definition) is 6. The number of nitrogens with zero attached hydrogens (tertiary/aromatic N) is 4. The molecular formula is C19H24N4O2S. The Labute approximate surface area is 157 Å². The van der Waals surface area contributed by atoms with Gasteiger partial charge in [0.15, 0.2) is 0 Å². The number of rotatable bonds is 4. The van der Waals surface area contributed by atoms with Crippen LogP contribution in [-0.4, -0.2) is 44.8 Å². The molecule has 1 saturated heterocycles. The highest BCUT2D eigenvalue weighted by Gasteiger charge is 2.31. The van der Waals surface area contributed by atoms with Gasteiger partial charge in [-0.2, -0.15) is 4.52 Å². The van der Waals surface area contributed by atoms with E-state index in [1.54, 1.807) is 11.6 Å². The predicted molar refractivity (Wildman–Crippen MR) is 102 cm³/mol. The molecule has 1 atom stereocenters. The van der Waals surface area contributed by atoms with Gasteiger partial charge >= 0.3 is 0 Å². The van der Waals surface area contributed by atoms with Crippen LogP contribution in [-0.2, 0) is 0 Å². The molecule has 6 nitrogen and oxygen atoms in total. The average molecular weight is 372 g/mol. The lowest BCUT2D eigenvalue weighted by molar-refractivity contribution is 0.157. The number of fused-ring (bicyclic) bond motifs is 1. The molecule has 1 unspecified atom stereocenters. The van der Waals surface area contributed by atoms with Gasteiger partial charge in [-0.1, -0.05) is 30.4 Å². The highest BCUT2D eigenvalue weighted by Crippen LogP contribution is 2.41. The SMILES string of the molecule is COc1ccc(C(c2sc3nc(C)nn3c2O)N2CCC(C)CC2)cc1. The van der Waals surface area contributed by atoms with E-state index in [-0.39, 0.29) is 11.9 Å². The fourth-order valence-electron chi connectivity index (χ4n) is 3.63. The largest absolute Gasteiger partial charge is 0.497 e. The molecule has 4 rings (SSSR count). The van der Waals surface area contributed by atoms with Gasteiger partial charge in [-0.15, -0.1) is 5.10 Å². The van der Waals surface area contributed by atoms with Gasteiger partial charge in [-0.05, 0) is 56.5 Å². The van der Waals surface area contributed by atoms with Gasteiger partial charge in [-0.25, -0.2) is 4.98 Å². The minimum absolute atomic E-state index is 0.00205. The van der Waals surface area contributed by atoms with E-state index in [0.717, 1.165) is 40.2 Å². The summed E-state index contributed by atoms with van der Waals surface area (Å²) in [5.74, 6) is 2.46. The first-order valence-electron chi connectivity index (χ1n) is 9.00. The van der Waals surface area contributed by atoms with Crippen LogP contribution in [0.15, 0.2) is 24.3 Å². The topological polar surface area (TPSA) is 62.9 Å². The molecule has 26 heavy (non-hydrogen) atoms. The molecule has 1 aliphatic rings. The number of piperidine rings is 1. The summed E-state index contributed by atoms with van der Waals surface area (Å²) in [7, 11) is 1.67. The maximum atomic E-state index is 10.8. The van der Waals surface area contributed by atoms with E-state index >= 15 is 0 Å². The first-order chi connectivity index (χ1) is 12.6. The number of aromatic hydroxyl groups is 1. The van der Waals surface area contributed by atoms with E-state index in [0.29, 0.717) is 5.82 Å². The van der Waals surface area contributed by atoms with Crippen molar-refractivity contribution in [2.24, 2.45) is 5.92 Å². The molecule has 1 N–H and O–H groups in total. The molecule has 7 heteroatoms. The average Bonchev–Trinajstić information content (AvgIpc) is 3.15. The number of aryl methyl sites for hydroxylation is 1. The molecule has 1 aromatic carbocycles. The van der Waals surface area contributed by atoms with Crippen LogP contribution in [0.3, 0.4) is 0 Å². The van der Waals surface area contributed by atoms with Gasteiger partial charge in [0.2, 0.25) is 10.8 Å². The van der Waals surface area contributed by atoms with Gasteiger partial charge in [-0.3, -0.25) is 4.90 Å². The van der Waals surface area contributed by atoms with E-state index in [1.807, 2.05) is 19.1 Å². The Morgan fingerprint density at radius 1 is 1.23 bits per heavy atom. The van der Waals surface area contributed by atoms with Gasteiger partial charge in [0.1, 0.15) is 11.6 Å². The first kappa shape index (κ1) is 17.3. The molecule has 0 saturated carbocycles. The predicted octanol–water partition coefficient (Wildman–Crippen LogP) is 3.63. The molecule has 0 aliphatic carbocycles. The van der Waals surface area contributed by atoms with Crippen LogP contribution >= 0.6 is 11.3 Å². The number of thiazole rings is 1. The fourth-order valence-corrected chi connectivity index (χ4v) is 4.79. The van der Waals surface area contributed by atoms with E-state index in [1.165, 1.54) is 24.2 Å². The number of likely N-dealkylation sites (tertiary alicyclic amines) is 1. The molecule has 1 fully saturated rings. The second kappa shape index (κ2) is 6.89. The van der Waals surface area contributed by atoms with Crippen molar-refractivity contribution in [1.82, 2.24) is 19.5 Å². The molecule has 0 amide bonds. The summed E-state index contributed by atoms with van der Waals surface area (Å²) < 4.78 is 6.86. The Kier molecular flexibility index (Phi) is 4.58. The Bertz CT molecular complexity index is 894. The van der Waals surface area contributed by atoms with Crippen molar-refractivity contribution in [2.45, 2.75) is 32.7 Å². The van der Waals surface area contributed by atoms with Crippen LogP contribution in [0.25, 0.3) is 4.96 Å². The molecule has 1 aliphatic heterocycles. The van der Waals surface area contributed by atoms with Crippen molar-refractivity contribution < 1.29 is 9.84 Å². The molecule has 0 spiro atoms. The molecule has 0 radical (unpaired) electrons. The van der Waals surface area contributed by atoms with Gasteiger partial charge in [0.05, 0.1) is 18.0 Å². The lowest BCUT2D eigenvalue weighted by Gasteiger charge is -2.36. The maximum absolute atomic E-state index is 10.8. The highest BCUT2D eigenvalue weighted by atomic mass is 32.1. The van der Waals surface area contributed by atoms with E-state index in [4.69, 9.17) is 4.74 Å². The zero-order valence-corrected chi connectivity index (χ0v) is 16.2. The highest BCUT2D eigenvalue weighted by molar-refractivity contribution is 7.17. The van der Waals surface area contributed by atoms with Crippen LogP contribution in [0.1, 0.15) is 42.1 Å².